The second-order valence-corrected chi connectivity index (χ2v) is 7.76. The molecular weight excluding hydrogens is 380 g/mol. The fourth-order valence-corrected chi connectivity index (χ4v) is 3.57. The summed E-state index contributed by atoms with van der Waals surface area (Å²) in [6.07, 6.45) is 0.236. The second kappa shape index (κ2) is 8.61. The van der Waals surface area contributed by atoms with Crippen LogP contribution in [0.2, 0.25) is 0 Å². The molecule has 0 saturated heterocycles. The van der Waals surface area contributed by atoms with Crippen LogP contribution in [-0.4, -0.2) is 37.0 Å². The van der Waals surface area contributed by atoms with Crippen LogP contribution in [0.15, 0.2) is 59.9 Å². The molecule has 1 amide bonds. The third-order valence-electron chi connectivity index (χ3n) is 5.04. The van der Waals surface area contributed by atoms with E-state index >= 15 is 0 Å². The number of benzene rings is 2. The maximum atomic E-state index is 13.0. The summed E-state index contributed by atoms with van der Waals surface area (Å²) in [5.41, 5.74) is 2.49. The zero-order chi connectivity index (χ0) is 22.0. The standard InChI is InChI=1S/C24H28N2O4/c1-6-20(27)21-22(16-7-9-17(10-8-16)25(4)5)26(24(29)23(21)28)18-11-13-19(14-12-18)30-15(2)3/h7-15,22,28H,6H2,1-5H3. The second-order valence-electron chi connectivity index (χ2n) is 7.76. The van der Waals surface area contributed by atoms with Crippen LogP contribution in [-0.2, 0) is 9.59 Å². The zero-order valence-corrected chi connectivity index (χ0v) is 18.0. The number of amides is 1. The van der Waals surface area contributed by atoms with Crippen molar-refractivity contribution < 1.29 is 19.4 Å². The molecule has 1 N–H and O–H groups in total. The van der Waals surface area contributed by atoms with Crippen LogP contribution in [0.25, 0.3) is 0 Å². The normalized spacial score (nSPS) is 16.4. The molecule has 0 bridgehead atoms. The number of hydrogen-bond donors (Lipinski definition) is 1. The summed E-state index contributed by atoms with van der Waals surface area (Å²) >= 11 is 0. The van der Waals surface area contributed by atoms with Gasteiger partial charge in [-0.2, -0.15) is 0 Å². The quantitative estimate of drug-likeness (QED) is 0.734. The molecule has 0 saturated carbocycles. The van der Waals surface area contributed by atoms with Crippen LogP contribution >= 0.6 is 0 Å². The van der Waals surface area contributed by atoms with E-state index in [1.54, 1.807) is 31.2 Å². The molecule has 3 rings (SSSR count). The lowest BCUT2D eigenvalue weighted by atomic mass is 9.94. The Balaban J connectivity index is 2.06. The van der Waals surface area contributed by atoms with Gasteiger partial charge in [-0.15, -0.1) is 0 Å². The van der Waals surface area contributed by atoms with Crippen molar-refractivity contribution in [1.82, 2.24) is 0 Å². The topological polar surface area (TPSA) is 70.1 Å². The van der Waals surface area contributed by atoms with Crippen molar-refractivity contribution >= 4 is 23.1 Å². The summed E-state index contributed by atoms with van der Waals surface area (Å²) in [5.74, 6) is -0.615. The van der Waals surface area contributed by atoms with E-state index in [0.29, 0.717) is 11.4 Å². The van der Waals surface area contributed by atoms with E-state index in [4.69, 9.17) is 4.74 Å². The van der Waals surface area contributed by atoms with E-state index in [0.717, 1.165) is 11.3 Å². The first kappa shape index (κ1) is 21.4. The third kappa shape index (κ3) is 4.03. The monoisotopic (exact) mass is 408 g/mol. The lowest BCUT2D eigenvalue weighted by Gasteiger charge is -2.27. The average molecular weight is 408 g/mol. The van der Waals surface area contributed by atoms with Crippen molar-refractivity contribution in [2.45, 2.75) is 39.3 Å². The van der Waals surface area contributed by atoms with Gasteiger partial charge in [0, 0.05) is 31.9 Å². The molecule has 0 aromatic heterocycles. The SMILES string of the molecule is CCC(=O)C1=C(O)C(=O)N(c2ccc(OC(C)C)cc2)C1c1ccc(N(C)C)cc1. The summed E-state index contributed by atoms with van der Waals surface area (Å²) < 4.78 is 5.68. The molecule has 1 unspecified atom stereocenters. The van der Waals surface area contributed by atoms with Gasteiger partial charge in [0.05, 0.1) is 17.7 Å². The van der Waals surface area contributed by atoms with Crippen molar-refractivity contribution in [3.8, 4) is 5.75 Å². The molecule has 0 fully saturated rings. The van der Waals surface area contributed by atoms with Crippen molar-refractivity contribution in [2.24, 2.45) is 0 Å². The fourth-order valence-electron chi connectivity index (χ4n) is 3.57. The van der Waals surface area contributed by atoms with Gasteiger partial charge in [0.1, 0.15) is 5.75 Å². The van der Waals surface area contributed by atoms with Crippen LogP contribution < -0.4 is 14.5 Å². The molecule has 0 radical (unpaired) electrons. The predicted octanol–water partition coefficient (Wildman–Crippen LogP) is 4.42. The minimum atomic E-state index is -0.682. The van der Waals surface area contributed by atoms with Crippen LogP contribution in [0, 0.1) is 0 Å². The molecule has 2 aromatic rings. The van der Waals surface area contributed by atoms with Crippen molar-refractivity contribution in [3.63, 3.8) is 0 Å². The summed E-state index contributed by atoms with van der Waals surface area (Å²) in [4.78, 5) is 29.1. The predicted molar refractivity (Wildman–Crippen MR) is 118 cm³/mol. The van der Waals surface area contributed by atoms with E-state index in [-0.39, 0.29) is 23.9 Å². The maximum Gasteiger partial charge on any atom is 0.294 e. The van der Waals surface area contributed by atoms with E-state index < -0.39 is 17.7 Å². The van der Waals surface area contributed by atoms with Gasteiger partial charge in [-0.3, -0.25) is 14.5 Å². The zero-order valence-electron chi connectivity index (χ0n) is 18.0. The van der Waals surface area contributed by atoms with E-state index in [2.05, 4.69) is 0 Å². The Bertz CT molecular complexity index is 960. The summed E-state index contributed by atoms with van der Waals surface area (Å²) in [6, 6.07) is 14.1. The molecule has 30 heavy (non-hydrogen) atoms. The Morgan fingerprint density at radius 2 is 1.70 bits per heavy atom. The largest absolute Gasteiger partial charge is 0.503 e. The summed E-state index contributed by atoms with van der Waals surface area (Å²) in [7, 11) is 3.89. The van der Waals surface area contributed by atoms with Gasteiger partial charge in [0.25, 0.3) is 5.91 Å². The van der Waals surface area contributed by atoms with Crippen LogP contribution in [0.5, 0.6) is 5.75 Å². The fraction of sp³-hybridized carbons (Fsp3) is 0.333. The Labute approximate surface area is 177 Å². The minimum absolute atomic E-state index is 0.0340. The Hall–Kier alpha value is -3.28. The highest BCUT2D eigenvalue weighted by atomic mass is 16.5. The molecule has 0 aliphatic carbocycles. The first-order chi connectivity index (χ1) is 14.2. The Morgan fingerprint density at radius 1 is 1.10 bits per heavy atom. The van der Waals surface area contributed by atoms with Crippen LogP contribution in [0.3, 0.4) is 0 Å². The minimum Gasteiger partial charge on any atom is -0.503 e. The highest BCUT2D eigenvalue weighted by molar-refractivity contribution is 6.16. The highest BCUT2D eigenvalue weighted by Gasteiger charge is 2.43. The molecule has 0 spiro atoms. The van der Waals surface area contributed by atoms with Gasteiger partial charge in [0.15, 0.2) is 11.5 Å². The van der Waals surface area contributed by atoms with E-state index in [1.165, 1.54) is 4.90 Å². The lowest BCUT2D eigenvalue weighted by molar-refractivity contribution is -0.118. The number of anilines is 2. The van der Waals surface area contributed by atoms with E-state index in [1.807, 2.05) is 57.1 Å². The highest BCUT2D eigenvalue weighted by Crippen LogP contribution is 2.42. The average Bonchev–Trinajstić information content (AvgIpc) is 2.98. The maximum absolute atomic E-state index is 13.0. The van der Waals surface area contributed by atoms with Crippen LogP contribution in [0.1, 0.15) is 38.8 Å². The van der Waals surface area contributed by atoms with E-state index in [9.17, 15) is 14.7 Å². The van der Waals surface area contributed by atoms with Gasteiger partial charge in [-0.05, 0) is 55.8 Å². The van der Waals surface area contributed by atoms with Gasteiger partial charge < -0.3 is 14.7 Å². The van der Waals surface area contributed by atoms with Crippen molar-refractivity contribution in [3.05, 3.63) is 65.4 Å². The molecular formula is C24H28N2O4. The molecule has 6 heteroatoms. The number of ketones is 1. The first-order valence-electron chi connectivity index (χ1n) is 10.1. The Morgan fingerprint density at radius 3 is 2.20 bits per heavy atom. The molecule has 6 nitrogen and oxygen atoms in total. The number of nitrogens with zero attached hydrogens (tertiary/aromatic N) is 2. The number of aliphatic hydroxyl groups is 1. The molecule has 1 aliphatic heterocycles. The number of hydrogen-bond acceptors (Lipinski definition) is 5. The van der Waals surface area contributed by atoms with Gasteiger partial charge in [-0.25, -0.2) is 0 Å². The molecule has 1 heterocycles. The lowest BCUT2D eigenvalue weighted by Crippen LogP contribution is -2.31. The number of carbonyl (C=O) groups is 2. The number of ether oxygens (including phenoxy) is 1. The molecule has 1 atom stereocenters. The smallest absolute Gasteiger partial charge is 0.294 e. The van der Waals surface area contributed by atoms with Crippen molar-refractivity contribution in [2.75, 3.05) is 23.9 Å². The summed E-state index contributed by atoms with van der Waals surface area (Å²) in [6.45, 7) is 5.60. The third-order valence-corrected chi connectivity index (χ3v) is 5.04. The van der Waals surface area contributed by atoms with Gasteiger partial charge in [-0.1, -0.05) is 19.1 Å². The number of rotatable bonds is 7. The van der Waals surface area contributed by atoms with Crippen molar-refractivity contribution in [1.29, 1.82) is 0 Å². The number of Topliss-reactive ketones (excluding diaryl/α,β-unsaturated/α-hetero) is 1. The molecule has 1 aliphatic rings. The summed E-state index contributed by atoms with van der Waals surface area (Å²) in [5, 5.41) is 10.6. The molecule has 2 aromatic carbocycles. The van der Waals surface area contributed by atoms with Crippen LogP contribution in [0.4, 0.5) is 11.4 Å². The number of carbonyl (C=O) groups excluding carboxylic acids is 2. The first-order valence-corrected chi connectivity index (χ1v) is 10.1. The Kier molecular flexibility index (Phi) is 6.15. The van der Waals surface area contributed by atoms with Gasteiger partial charge >= 0.3 is 0 Å². The van der Waals surface area contributed by atoms with Gasteiger partial charge in [0.2, 0.25) is 0 Å². The molecule has 158 valence electrons. The number of aliphatic hydroxyl groups excluding tert-OH is 1.